The van der Waals surface area contributed by atoms with Crippen molar-refractivity contribution in [2.45, 2.75) is 13.0 Å². The van der Waals surface area contributed by atoms with Crippen molar-refractivity contribution < 1.29 is 13.9 Å². The Balaban J connectivity index is 1.95. The third-order valence-corrected chi connectivity index (χ3v) is 3.58. The highest BCUT2D eigenvalue weighted by molar-refractivity contribution is 5.87. The molecule has 3 aromatic rings. The highest BCUT2D eigenvalue weighted by Gasteiger charge is 2.16. The quantitative estimate of drug-likeness (QED) is 0.677. The Morgan fingerprint density at radius 1 is 1.09 bits per heavy atom. The maximum atomic E-state index is 12.0. The van der Waals surface area contributed by atoms with Gasteiger partial charge in [-0.2, -0.15) is 0 Å². The number of furan rings is 1. The van der Waals surface area contributed by atoms with Crippen molar-refractivity contribution in [3.05, 3.63) is 83.6 Å². The molecule has 0 amide bonds. The van der Waals surface area contributed by atoms with E-state index in [9.17, 15) is 4.79 Å². The van der Waals surface area contributed by atoms with E-state index in [2.05, 4.69) is 0 Å². The predicted octanol–water partition coefficient (Wildman–Crippen LogP) is 3.51. The number of methoxy groups -OCH3 is 1. The number of ether oxygens (including phenoxy) is 1. The summed E-state index contributed by atoms with van der Waals surface area (Å²) < 4.78 is 12.3. The lowest BCUT2D eigenvalue weighted by Crippen LogP contribution is -2.14. The second kappa shape index (κ2) is 6.35. The van der Waals surface area contributed by atoms with Crippen LogP contribution in [0.4, 0.5) is 0 Å². The van der Waals surface area contributed by atoms with Crippen LogP contribution in [0.1, 0.15) is 27.5 Å². The lowest BCUT2D eigenvalue weighted by atomic mass is 10.2. The zero-order chi connectivity index (χ0) is 15.4. The number of aromatic nitrogens is 1. The molecule has 3 rings (SSSR count). The summed E-state index contributed by atoms with van der Waals surface area (Å²) in [6.45, 7) is 0.619. The second-order valence-electron chi connectivity index (χ2n) is 5.03. The smallest absolute Gasteiger partial charge is 0.354 e. The van der Waals surface area contributed by atoms with Crippen LogP contribution < -0.4 is 0 Å². The van der Waals surface area contributed by atoms with E-state index in [0.29, 0.717) is 18.7 Å². The summed E-state index contributed by atoms with van der Waals surface area (Å²) in [6.07, 6.45) is 2.29. The summed E-state index contributed by atoms with van der Waals surface area (Å²) in [4.78, 5) is 12.0. The van der Waals surface area contributed by atoms with E-state index in [4.69, 9.17) is 9.15 Å². The first-order chi connectivity index (χ1) is 10.8. The molecule has 0 saturated carbocycles. The van der Waals surface area contributed by atoms with Crippen molar-refractivity contribution in [1.29, 1.82) is 0 Å². The Morgan fingerprint density at radius 3 is 2.59 bits per heavy atom. The largest absolute Gasteiger partial charge is 0.469 e. The fraction of sp³-hybridized carbons (Fsp3) is 0.167. The van der Waals surface area contributed by atoms with Gasteiger partial charge in [-0.15, -0.1) is 0 Å². The second-order valence-corrected chi connectivity index (χ2v) is 5.03. The molecule has 4 heteroatoms. The average molecular weight is 295 g/mol. The number of rotatable bonds is 5. The Morgan fingerprint density at radius 2 is 1.91 bits per heavy atom. The zero-order valence-electron chi connectivity index (χ0n) is 12.4. The molecule has 0 radical (unpaired) electrons. The number of carbonyl (C=O) groups excluding carboxylic acids is 1. The van der Waals surface area contributed by atoms with E-state index in [1.165, 1.54) is 7.11 Å². The normalized spacial score (nSPS) is 10.6. The number of hydrogen-bond acceptors (Lipinski definition) is 3. The van der Waals surface area contributed by atoms with Crippen LogP contribution in [-0.2, 0) is 17.7 Å². The fourth-order valence-corrected chi connectivity index (χ4v) is 2.49. The minimum atomic E-state index is -0.332. The summed E-state index contributed by atoms with van der Waals surface area (Å²) in [5.41, 5.74) is 2.69. The van der Waals surface area contributed by atoms with Crippen LogP contribution in [0.25, 0.3) is 0 Å². The molecule has 0 spiro atoms. The van der Waals surface area contributed by atoms with Crippen LogP contribution in [0.15, 0.2) is 65.3 Å². The Hall–Kier alpha value is -2.75. The minimum absolute atomic E-state index is 0.332. The average Bonchev–Trinajstić information content (AvgIpc) is 3.19. The van der Waals surface area contributed by atoms with Crippen LogP contribution in [0, 0.1) is 0 Å². The summed E-state index contributed by atoms with van der Waals surface area (Å²) in [5.74, 6) is 0.533. The summed E-state index contributed by atoms with van der Waals surface area (Å²) in [7, 11) is 1.40. The molecule has 1 aromatic carbocycles. The maximum absolute atomic E-state index is 12.0. The summed E-state index contributed by atoms with van der Waals surface area (Å²) in [6, 6.07) is 17.6. The molecule has 0 fully saturated rings. The van der Waals surface area contributed by atoms with E-state index in [1.807, 2.05) is 53.1 Å². The van der Waals surface area contributed by atoms with Crippen LogP contribution >= 0.6 is 0 Å². The molecular formula is C18H17NO3. The van der Waals surface area contributed by atoms with Gasteiger partial charge in [-0.05, 0) is 29.8 Å². The third-order valence-electron chi connectivity index (χ3n) is 3.58. The van der Waals surface area contributed by atoms with Crippen LogP contribution in [0.3, 0.4) is 0 Å². The number of esters is 1. The van der Waals surface area contributed by atoms with E-state index < -0.39 is 0 Å². The van der Waals surface area contributed by atoms with Gasteiger partial charge >= 0.3 is 5.97 Å². The minimum Gasteiger partial charge on any atom is -0.469 e. The molecule has 0 atom stereocenters. The standard InChI is InChI=1S/C18H17NO3/c1-21-18(20)17-10-9-15(12-16-8-5-11-22-16)19(17)13-14-6-3-2-4-7-14/h2-11H,12-13H2,1H3. The Labute approximate surface area is 128 Å². The molecule has 0 aliphatic rings. The first kappa shape index (κ1) is 14.2. The van der Waals surface area contributed by atoms with Crippen molar-refractivity contribution in [2.75, 3.05) is 7.11 Å². The molecule has 0 saturated heterocycles. The third kappa shape index (κ3) is 2.96. The molecule has 112 valence electrons. The highest BCUT2D eigenvalue weighted by Crippen LogP contribution is 2.17. The molecule has 0 aliphatic carbocycles. The molecule has 0 bridgehead atoms. The summed E-state index contributed by atoms with van der Waals surface area (Å²) in [5, 5.41) is 0. The van der Waals surface area contributed by atoms with Gasteiger partial charge in [-0.3, -0.25) is 0 Å². The van der Waals surface area contributed by atoms with Crippen LogP contribution in [0.2, 0.25) is 0 Å². The van der Waals surface area contributed by atoms with Gasteiger partial charge in [0.15, 0.2) is 0 Å². The predicted molar refractivity (Wildman–Crippen MR) is 82.8 cm³/mol. The van der Waals surface area contributed by atoms with Crippen molar-refractivity contribution in [3.63, 3.8) is 0 Å². The van der Waals surface area contributed by atoms with E-state index >= 15 is 0 Å². The molecule has 4 nitrogen and oxygen atoms in total. The zero-order valence-corrected chi connectivity index (χ0v) is 12.4. The van der Waals surface area contributed by atoms with Gasteiger partial charge in [0.25, 0.3) is 0 Å². The van der Waals surface area contributed by atoms with Crippen molar-refractivity contribution >= 4 is 5.97 Å². The molecule has 22 heavy (non-hydrogen) atoms. The lowest BCUT2D eigenvalue weighted by molar-refractivity contribution is 0.0588. The van der Waals surface area contributed by atoms with Gasteiger partial charge in [0.2, 0.25) is 0 Å². The van der Waals surface area contributed by atoms with E-state index in [1.54, 1.807) is 12.3 Å². The topological polar surface area (TPSA) is 44.4 Å². The number of benzene rings is 1. The van der Waals surface area contributed by atoms with E-state index in [0.717, 1.165) is 17.0 Å². The lowest BCUT2D eigenvalue weighted by Gasteiger charge is -2.12. The Kier molecular flexibility index (Phi) is 4.10. The highest BCUT2D eigenvalue weighted by atomic mass is 16.5. The molecule has 0 N–H and O–H groups in total. The fourth-order valence-electron chi connectivity index (χ4n) is 2.49. The van der Waals surface area contributed by atoms with Crippen molar-refractivity contribution in [3.8, 4) is 0 Å². The van der Waals surface area contributed by atoms with Gasteiger partial charge in [-0.25, -0.2) is 4.79 Å². The van der Waals surface area contributed by atoms with Crippen LogP contribution in [0.5, 0.6) is 0 Å². The first-order valence-corrected chi connectivity index (χ1v) is 7.11. The molecular weight excluding hydrogens is 278 g/mol. The van der Waals surface area contributed by atoms with Crippen molar-refractivity contribution in [2.24, 2.45) is 0 Å². The first-order valence-electron chi connectivity index (χ1n) is 7.11. The molecule has 0 aliphatic heterocycles. The van der Waals surface area contributed by atoms with Gasteiger partial charge in [0.1, 0.15) is 11.5 Å². The number of hydrogen-bond donors (Lipinski definition) is 0. The Bertz CT molecular complexity index is 742. The molecule has 2 heterocycles. The molecule has 2 aromatic heterocycles. The van der Waals surface area contributed by atoms with Gasteiger partial charge in [-0.1, -0.05) is 30.3 Å². The van der Waals surface area contributed by atoms with Crippen LogP contribution in [-0.4, -0.2) is 17.6 Å². The van der Waals surface area contributed by atoms with Gasteiger partial charge < -0.3 is 13.7 Å². The summed E-state index contributed by atoms with van der Waals surface area (Å²) >= 11 is 0. The molecule has 0 unspecified atom stereocenters. The van der Waals surface area contributed by atoms with E-state index in [-0.39, 0.29) is 5.97 Å². The SMILES string of the molecule is COC(=O)c1ccc(Cc2ccco2)n1Cc1ccccc1. The maximum Gasteiger partial charge on any atom is 0.354 e. The monoisotopic (exact) mass is 295 g/mol. The number of nitrogens with zero attached hydrogens (tertiary/aromatic N) is 1. The van der Waals surface area contributed by atoms with Crippen molar-refractivity contribution in [1.82, 2.24) is 4.57 Å². The number of carbonyl (C=O) groups is 1. The van der Waals surface area contributed by atoms with Gasteiger partial charge in [0, 0.05) is 18.7 Å². The van der Waals surface area contributed by atoms with Gasteiger partial charge in [0.05, 0.1) is 13.4 Å².